The highest BCUT2D eigenvalue weighted by atomic mass is 79.9. The Morgan fingerprint density at radius 2 is 1.72 bits per heavy atom. The SMILES string of the molecule is COCCOc1ccc(Br)cc1C(=O)Nc1ccc(S(=O)(=O)NC(C)(C)C)cc1. The molecule has 158 valence electrons. The number of carbonyl (C=O) groups excluding carboxylic acids is 1. The molecule has 0 heterocycles. The number of carbonyl (C=O) groups is 1. The first-order valence-electron chi connectivity index (χ1n) is 8.88. The maximum Gasteiger partial charge on any atom is 0.259 e. The Bertz CT molecular complexity index is 954. The number of benzene rings is 2. The molecular formula is C20H25BrN2O5S. The van der Waals surface area contributed by atoms with Crippen LogP contribution in [0.15, 0.2) is 51.8 Å². The van der Waals surface area contributed by atoms with Crippen molar-refractivity contribution in [3.8, 4) is 5.75 Å². The second-order valence-electron chi connectivity index (χ2n) is 7.32. The zero-order chi connectivity index (χ0) is 21.7. The van der Waals surface area contributed by atoms with Crippen molar-refractivity contribution in [2.45, 2.75) is 31.2 Å². The Morgan fingerprint density at radius 1 is 1.07 bits per heavy atom. The molecule has 7 nitrogen and oxygen atoms in total. The summed E-state index contributed by atoms with van der Waals surface area (Å²) in [7, 11) is -2.07. The van der Waals surface area contributed by atoms with Crippen LogP contribution in [0.4, 0.5) is 5.69 Å². The van der Waals surface area contributed by atoms with Crippen LogP contribution >= 0.6 is 15.9 Å². The topological polar surface area (TPSA) is 93.7 Å². The van der Waals surface area contributed by atoms with Gasteiger partial charge in [-0.1, -0.05) is 15.9 Å². The number of nitrogens with one attached hydrogen (secondary N) is 2. The van der Waals surface area contributed by atoms with Crippen LogP contribution in [0, 0.1) is 0 Å². The van der Waals surface area contributed by atoms with Gasteiger partial charge in [0.25, 0.3) is 5.91 Å². The van der Waals surface area contributed by atoms with Gasteiger partial charge in [0, 0.05) is 22.8 Å². The van der Waals surface area contributed by atoms with Gasteiger partial charge >= 0.3 is 0 Å². The summed E-state index contributed by atoms with van der Waals surface area (Å²) in [6.45, 7) is 6.01. The molecule has 0 fully saturated rings. The Hall–Kier alpha value is -1.94. The van der Waals surface area contributed by atoms with E-state index in [2.05, 4.69) is 26.0 Å². The van der Waals surface area contributed by atoms with Crippen molar-refractivity contribution in [1.29, 1.82) is 0 Å². The molecule has 0 saturated carbocycles. The summed E-state index contributed by atoms with van der Waals surface area (Å²) in [5, 5.41) is 2.76. The van der Waals surface area contributed by atoms with Crippen molar-refractivity contribution in [3.63, 3.8) is 0 Å². The van der Waals surface area contributed by atoms with Crippen LogP contribution in [0.1, 0.15) is 31.1 Å². The van der Waals surface area contributed by atoms with Gasteiger partial charge in [0.1, 0.15) is 12.4 Å². The average molecular weight is 485 g/mol. The van der Waals surface area contributed by atoms with Crippen molar-refractivity contribution in [3.05, 3.63) is 52.5 Å². The van der Waals surface area contributed by atoms with E-state index in [0.717, 1.165) is 4.47 Å². The lowest BCUT2D eigenvalue weighted by Crippen LogP contribution is -2.40. The minimum absolute atomic E-state index is 0.122. The van der Waals surface area contributed by atoms with Crippen LogP contribution in [-0.4, -0.2) is 40.2 Å². The second kappa shape index (κ2) is 9.71. The maximum atomic E-state index is 12.7. The molecule has 0 atom stereocenters. The number of ether oxygens (including phenoxy) is 2. The molecule has 2 aromatic rings. The summed E-state index contributed by atoms with van der Waals surface area (Å²) in [5.41, 5.74) is 0.222. The number of halogens is 1. The lowest BCUT2D eigenvalue weighted by Gasteiger charge is -2.20. The minimum atomic E-state index is -3.64. The minimum Gasteiger partial charge on any atom is -0.490 e. The third-order valence-corrected chi connectivity index (χ3v) is 5.86. The van der Waals surface area contributed by atoms with Gasteiger partial charge in [-0.25, -0.2) is 13.1 Å². The van der Waals surface area contributed by atoms with Crippen molar-refractivity contribution in [2.24, 2.45) is 0 Å². The van der Waals surface area contributed by atoms with E-state index in [4.69, 9.17) is 9.47 Å². The Labute approximate surface area is 180 Å². The maximum absolute atomic E-state index is 12.7. The zero-order valence-corrected chi connectivity index (χ0v) is 19.2. The number of anilines is 1. The predicted molar refractivity (Wildman–Crippen MR) is 116 cm³/mol. The molecule has 2 aromatic carbocycles. The summed E-state index contributed by atoms with van der Waals surface area (Å²) in [6, 6.07) is 11.1. The largest absolute Gasteiger partial charge is 0.490 e. The number of hydrogen-bond donors (Lipinski definition) is 2. The summed E-state index contributed by atoms with van der Waals surface area (Å²) in [4.78, 5) is 12.8. The van der Waals surface area contributed by atoms with E-state index in [-0.39, 0.29) is 10.8 Å². The van der Waals surface area contributed by atoms with Crippen LogP contribution in [0.3, 0.4) is 0 Å². The van der Waals surface area contributed by atoms with Gasteiger partial charge in [0.15, 0.2) is 0 Å². The van der Waals surface area contributed by atoms with Gasteiger partial charge in [-0.15, -0.1) is 0 Å². The summed E-state index contributed by atoms with van der Waals surface area (Å²) in [6.07, 6.45) is 0. The third kappa shape index (κ3) is 7.11. The molecule has 1 amide bonds. The van der Waals surface area contributed by atoms with Crippen molar-refractivity contribution in [1.82, 2.24) is 4.72 Å². The van der Waals surface area contributed by atoms with E-state index >= 15 is 0 Å². The summed E-state index contributed by atoms with van der Waals surface area (Å²) >= 11 is 3.35. The first-order valence-corrected chi connectivity index (χ1v) is 11.2. The fourth-order valence-corrected chi connectivity index (χ4v) is 4.20. The van der Waals surface area contributed by atoms with E-state index in [1.807, 2.05) is 0 Å². The summed E-state index contributed by atoms with van der Waals surface area (Å²) < 4.78 is 38.7. The van der Waals surface area contributed by atoms with Crippen LogP contribution < -0.4 is 14.8 Å². The van der Waals surface area contributed by atoms with Gasteiger partial charge in [0.2, 0.25) is 10.0 Å². The van der Waals surface area contributed by atoms with Crippen molar-refractivity contribution < 1.29 is 22.7 Å². The molecule has 0 spiro atoms. The molecule has 0 saturated heterocycles. The molecule has 0 aliphatic carbocycles. The third-order valence-electron chi connectivity index (χ3n) is 3.59. The lowest BCUT2D eigenvalue weighted by atomic mass is 10.1. The molecule has 0 radical (unpaired) electrons. The molecule has 0 unspecified atom stereocenters. The number of sulfonamides is 1. The Balaban J connectivity index is 2.16. The molecule has 0 bridgehead atoms. The highest BCUT2D eigenvalue weighted by Crippen LogP contribution is 2.25. The van der Waals surface area contributed by atoms with Crippen LogP contribution in [0.5, 0.6) is 5.75 Å². The van der Waals surface area contributed by atoms with E-state index in [1.54, 1.807) is 58.2 Å². The fourth-order valence-electron chi connectivity index (χ4n) is 2.42. The molecule has 0 aliphatic heterocycles. The smallest absolute Gasteiger partial charge is 0.259 e. The zero-order valence-electron chi connectivity index (χ0n) is 16.8. The highest BCUT2D eigenvalue weighted by molar-refractivity contribution is 9.10. The van der Waals surface area contributed by atoms with Crippen molar-refractivity contribution in [2.75, 3.05) is 25.6 Å². The Morgan fingerprint density at radius 3 is 2.31 bits per heavy atom. The predicted octanol–water partition coefficient (Wildman–Crippen LogP) is 3.80. The standard InChI is InChI=1S/C20H25BrN2O5S/c1-20(2,3)23-29(25,26)16-8-6-15(7-9-16)22-19(24)17-13-14(21)5-10-18(17)28-12-11-27-4/h5-10,13,23H,11-12H2,1-4H3,(H,22,24). The first kappa shape index (κ1) is 23.3. The van der Waals surface area contributed by atoms with E-state index in [9.17, 15) is 13.2 Å². The number of methoxy groups -OCH3 is 1. The van der Waals surface area contributed by atoms with Gasteiger partial charge in [-0.2, -0.15) is 0 Å². The van der Waals surface area contributed by atoms with Crippen LogP contribution in [0.25, 0.3) is 0 Å². The molecule has 2 N–H and O–H groups in total. The average Bonchev–Trinajstić information content (AvgIpc) is 2.61. The molecule has 0 aromatic heterocycles. The van der Waals surface area contributed by atoms with Gasteiger partial charge in [-0.3, -0.25) is 4.79 Å². The van der Waals surface area contributed by atoms with E-state index in [0.29, 0.717) is 30.2 Å². The summed E-state index contributed by atoms with van der Waals surface area (Å²) in [5.74, 6) is 0.0541. The van der Waals surface area contributed by atoms with E-state index in [1.165, 1.54) is 12.1 Å². The normalized spacial score (nSPS) is 11.9. The van der Waals surface area contributed by atoms with Gasteiger partial charge in [-0.05, 0) is 63.2 Å². The second-order valence-corrected chi connectivity index (χ2v) is 9.91. The monoisotopic (exact) mass is 484 g/mol. The molecule has 2 rings (SSSR count). The molecule has 0 aliphatic rings. The number of hydrogen-bond acceptors (Lipinski definition) is 5. The van der Waals surface area contributed by atoms with Crippen molar-refractivity contribution >= 4 is 37.5 Å². The fraction of sp³-hybridized carbons (Fsp3) is 0.350. The Kier molecular flexibility index (Phi) is 7.81. The van der Waals surface area contributed by atoms with E-state index < -0.39 is 15.6 Å². The van der Waals surface area contributed by atoms with Crippen LogP contribution in [-0.2, 0) is 14.8 Å². The molecule has 9 heteroatoms. The number of rotatable bonds is 8. The number of amides is 1. The van der Waals surface area contributed by atoms with Gasteiger partial charge < -0.3 is 14.8 Å². The highest BCUT2D eigenvalue weighted by Gasteiger charge is 2.22. The van der Waals surface area contributed by atoms with Crippen LogP contribution in [0.2, 0.25) is 0 Å². The molecular weight excluding hydrogens is 460 g/mol. The molecule has 29 heavy (non-hydrogen) atoms. The lowest BCUT2D eigenvalue weighted by molar-refractivity contribution is 0.101. The quantitative estimate of drug-likeness (QED) is 0.555. The first-order chi connectivity index (χ1) is 13.5. The van der Waals surface area contributed by atoms with Gasteiger partial charge in [0.05, 0.1) is 17.1 Å².